The van der Waals surface area contributed by atoms with E-state index in [4.69, 9.17) is 0 Å². The number of isocyanates is 1. The van der Waals surface area contributed by atoms with Gasteiger partial charge in [0.25, 0.3) is 0 Å². The largest absolute Gasteiger partial charge is 0.393 e. The topological polar surface area (TPSA) is 29.4 Å². The van der Waals surface area contributed by atoms with Crippen molar-refractivity contribution in [2.24, 2.45) is 4.99 Å². The summed E-state index contributed by atoms with van der Waals surface area (Å²) in [5.41, 5.74) is -0.0760. The van der Waals surface area contributed by atoms with Gasteiger partial charge in [0.15, 0.2) is 0 Å². The van der Waals surface area contributed by atoms with Crippen LogP contribution in [0.15, 0.2) is 29.3 Å². The van der Waals surface area contributed by atoms with E-state index >= 15 is 0 Å². The molecule has 2 nitrogen and oxygen atoms in total. The summed E-state index contributed by atoms with van der Waals surface area (Å²) >= 11 is 0. The highest BCUT2D eigenvalue weighted by atomic mass is 19.4. The summed E-state index contributed by atoms with van der Waals surface area (Å²) < 4.78 is 37.8. The van der Waals surface area contributed by atoms with E-state index in [1.165, 1.54) is 12.1 Å². The lowest BCUT2D eigenvalue weighted by Gasteiger charge is -2.26. The standard InChI is InChI=1S/C14H14F3NO/c15-14(16,17)9-11-5-1-2-6-12(11)13(18-10-19)7-3-4-8-13/h1-2,5-6H,3-4,7-9H2. The number of nitrogens with zero attached hydrogens (tertiary/aromatic N) is 1. The summed E-state index contributed by atoms with van der Waals surface area (Å²) in [5, 5.41) is 0. The van der Waals surface area contributed by atoms with Crippen molar-refractivity contribution in [3.63, 3.8) is 0 Å². The number of hydrogen-bond donors (Lipinski definition) is 0. The molecule has 5 heteroatoms. The van der Waals surface area contributed by atoms with Crippen molar-refractivity contribution in [3.05, 3.63) is 35.4 Å². The van der Waals surface area contributed by atoms with Crippen molar-refractivity contribution in [3.8, 4) is 0 Å². The Labute approximate surface area is 109 Å². The average molecular weight is 269 g/mol. The summed E-state index contributed by atoms with van der Waals surface area (Å²) in [6.07, 6.45) is -0.767. The number of halogens is 3. The van der Waals surface area contributed by atoms with Gasteiger partial charge in [0, 0.05) is 0 Å². The molecule has 2 rings (SSSR count). The molecule has 0 atom stereocenters. The number of hydrogen-bond acceptors (Lipinski definition) is 2. The predicted molar refractivity (Wildman–Crippen MR) is 64.5 cm³/mol. The first-order valence-corrected chi connectivity index (χ1v) is 6.21. The minimum absolute atomic E-state index is 0.205. The summed E-state index contributed by atoms with van der Waals surface area (Å²) in [4.78, 5) is 14.5. The molecule has 0 spiro atoms. The van der Waals surface area contributed by atoms with Crippen LogP contribution >= 0.6 is 0 Å². The van der Waals surface area contributed by atoms with Crippen molar-refractivity contribution >= 4 is 6.08 Å². The maximum absolute atomic E-state index is 12.6. The van der Waals surface area contributed by atoms with Gasteiger partial charge in [-0.05, 0) is 24.0 Å². The van der Waals surface area contributed by atoms with E-state index in [9.17, 15) is 18.0 Å². The normalized spacial score (nSPS) is 18.1. The van der Waals surface area contributed by atoms with E-state index in [0.29, 0.717) is 18.4 Å². The Hall–Kier alpha value is -1.61. The molecular formula is C14H14F3NO. The molecule has 19 heavy (non-hydrogen) atoms. The van der Waals surface area contributed by atoms with Gasteiger partial charge in [-0.15, -0.1) is 0 Å². The van der Waals surface area contributed by atoms with Crippen molar-refractivity contribution < 1.29 is 18.0 Å². The molecule has 0 amide bonds. The van der Waals surface area contributed by atoms with Gasteiger partial charge < -0.3 is 0 Å². The third-order valence-corrected chi connectivity index (χ3v) is 3.60. The molecule has 0 bridgehead atoms. The quantitative estimate of drug-likeness (QED) is 0.604. The summed E-state index contributed by atoms with van der Waals surface area (Å²) in [7, 11) is 0. The summed E-state index contributed by atoms with van der Waals surface area (Å²) in [6.45, 7) is 0. The molecule has 0 N–H and O–H groups in total. The molecular weight excluding hydrogens is 255 g/mol. The summed E-state index contributed by atoms with van der Waals surface area (Å²) in [6, 6.07) is 6.38. The Kier molecular flexibility index (Phi) is 3.76. The van der Waals surface area contributed by atoms with Crippen molar-refractivity contribution in [1.29, 1.82) is 0 Å². The highest BCUT2D eigenvalue weighted by Gasteiger charge is 2.39. The Morgan fingerprint density at radius 1 is 1.21 bits per heavy atom. The van der Waals surface area contributed by atoms with E-state index in [1.54, 1.807) is 18.2 Å². The van der Waals surface area contributed by atoms with Crippen molar-refractivity contribution in [2.75, 3.05) is 0 Å². The second-order valence-electron chi connectivity index (χ2n) is 4.89. The highest BCUT2D eigenvalue weighted by Crippen LogP contribution is 2.44. The molecule has 1 aliphatic carbocycles. The maximum atomic E-state index is 12.6. The van der Waals surface area contributed by atoms with E-state index in [0.717, 1.165) is 12.8 Å². The molecule has 1 fully saturated rings. The summed E-state index contributed by atoms with van der Waals surface area (Å²) in [5.74, 6) is 0. The van der Waals surface area contributed by atoms with Crippen molar-refractivity contribution in [2.45, 2.75) is 43.8 Å². The van der Waals surface area contributed by atoms with Crippen LogP contribution in [0.3, 0.4) is 0 Å². The Morgan fingerprint density at radius 3 is 2.42 bits per heavy atom. The highest BCUT2D eigenvalue weighted by molar-refractivity contribution is 5.42. The lowest BCUT2D eigenvalue weighted by Crippen LogP contribution is -2.23. The fourth-order valence-electron chi connectivity index (χ4n) is 2.83. The second kappa shape index (κ2) is 5.17. The van der Waals surface area contributed by atoms with Crippen LogP contribution in [0.5, 0.6) is 0 Å². The number of carbonyl (C=O) groups excluding carboxylic acids is 1. The molecule has 102 valence electrons. The van der Waals surface area contributed by atoms with E-state index in [1.807, 2.05) is 0 Å². The molecule has 0 aromatic heterocycles. The fourth-order valence-corrected chi connectivity index (χ4v) is 2.83. The molecule has 0 aliphatic heterocycles. The van der Waals surface area contributed by atoms with Gasteiger partial charge in [-0.2, -0.15) is 18.2 Å². The van der Waals surface area contributed by atoms with E-state index < -0.39 is 18.1 Å². The van der Waals surface area contributed by atoms with Crippen LogP contribution in [0.1, 0.15) is 36.8 Å². The molecule has 1 aromatic rings. The smallest absolute Gasteiger partial charge is 0.211 e. The van der Waals surface area contributed by atoms with Crippen LogP contribution in [-0.2, 0) is 16.8 Å². The fraction of sp³-hybridized carbons (Fsp3) is 0.500. The van der Waals surface area contributed by atoms with Gasteiger partial charge in [-0.25, -0.2) is 4.79 Å². The van der Waals surface area contributed by atoms with Gasteiger partial charge in [0.2, 0.25) is 6.08 Å². The van der Waals surface area contributed by atoms with Gasteiger partial charge in [0.05, 0.1) is 12.0 Å². The first-order valence-electron chi connectivity index (χ1n) is 6.21. The van der Waals surface area contributed by atoms with Crippen molar-refractivity contribution in [1.82, 2.24) is 0 Å². The van der Waals surface area contributed by atoms with Crippen LogP contribution in [0.25, 0.3) is 0 Å². The predicted octanol–water partition coefficient (Wildman–Crippen LogP) is 3.90. The first kappa shape index (κ1) is 13.8. The lowest BCUT2D eigenvalue weighted by atomic mass is 9.84. The van der Waals surface area contributed by atoms with Crippen LogP contribution in [0.2, 0.25) is 0 Å². The first-order chi connectivity index (χ1) is 8.97. The molecule has 0 unspecified atom stereocenters. The number of aliphatic imine (C=N–C) groups is 1. The van der Waals surface area contributed by atoms with E-state index in [-0.39, 0.29) is 5.56 Å². The number of rotatable bonds is 3. The molecule has 1 aromatic carbocycles. The third kappa shape index (κ3) is 3.04. The Balaban J connectivity index is 2.46. The third-order valence-electron chi connectivity index (χ3n) is 3.60. The zero-order valence-electron chi connectivity index (χ0n) is 10.3. The van der Waals surface area contributed by atoms with Crippen LogP contribution in [0.4, 0.5) is 13.2 Å². The Bertz CT molecular complexity index is 498. The minimum Gasteiger partial charge on any atom is -0.211 e. The van der Waals surface area contributed by atoms with Gasteiger partial charge in [0.1, 0.15) is 0 Å². The zero-order valence-corrected chi connectivity index (χ0v) is 10.3. The van der Waals surface area contributed by atoms with Gasteiger partial charge in [-0.1, -0.05) is 37.1 Å². The maximum Gasteiger partial charge on any atom is 0.393 e. The molecule has 0 radical (unpaired) electrons. The van der Waals surface area contributed by atoms with Gasteiger partial charge >= 0.3 is 6.18 Å². The SMILES string of the molecule is O=C=NC1(c2ccccc2CC(F)(F)F)CCCC1. The number of benzene rings is 1. The zero-order chi connectivity index (χ0) is 13.9. The average Bonchev–Trinajstić information content (AvgIpc) is 2.78. The van der Waals surface area contributed by atoms with Gasteiger partial charge in [-0.3, -0.25) is 0 Å². The van der Waals surface area contributed by atoms with Crippen LogP contribution in [0, 0.1) is 0 Å². The second-order valence-corrected chi connectivity index (χ2v) is 4.89. The molecule has 0 heterocycles. The molecule has 1 aliphatic rings. The van der Waals surface area contributed by atoms with Crippen LogP contribution < -0.4 is 0 Å². The minimum atomic E-state index is -4.26. The molecule has 0 saturated heterocycles. The monoisotopic (exact) mass is 269 g/mol. The number of alkyl halides is 3. The van der Waals surface area contributed by atoms with Crippen LogP contribution in [-0.4, -0.2) is 12.3 Å². The Morgan fingerprint density at radius 2 is 1.84 bits per heavy atom. The molecule has 1 saturated carbocycles. The lowest BCUT2D eigenvalue weighted by molar-refractivity contribution is -0.127. The van der Waals surface area contributed by atoms with E-state index in [2.05, 4.69) is 4.99 Å².